The Morgan fingerprint density at radius 3 is 2.77 bits per heavy atom. The van der Waals surface area contributed by atoms with Gasteiger partial charge < -0.3 is 4.74 Å². The summed E-state index contributed by atoms with van der Waals surface area (Å²) in [7, 11) is 1.58. The summed E-state index contributed by atoms with van der Waals surface area (Å²) in [5.41, 5.74) is 1.02. The Hall–Kier alpha value is -1.65. The number of aryl methyl sites for hydroxylation is 2. The Labute approximate surface area is 75.4 Å². The lowest BCUT2D eigenvalue weighted by atomic mass is 10.4. The molecular formula is C8H10N4O. The Kier molecular flexibility index (Phi) is 1.65. The molecule has 5 heteroatoms. The van der Waals surface area contributed by atoms with E-state index in [0.29, 0.717) is 11.7 Å². The molecule has 0 radical (unpaired) electrons. The van der Waals surface area contributed by atoms with Crippen LogP contribution in [0.4, 0.5) is 0 Å². The number of methoxy groups -OCH3 is 1. The molecule has 2 aromatic rings. The average molecular weight is 178 g/mol. The molecule has 2 rings (SSSR count). The molecule has 0 spiro atoms. The fourth-order valence-corrected chi connectivity index (χ4v) is 1.32. The summed E-state index contributed by atoms with van der Waals surface area (Å²) in [6, 6.07) is 1.85. The minimum Gasteiger partial charge on any atom is -0.481 e. The first-order valence-corrected chi connectivity index (χ1v) is 3.95. The van der Waals surface area contributed by atoms with Gasteiger partial charge in [0.1, 0.15) is 5.82 Å². The second kappa shape index (κ2) is 2.69. The van der Waals surface area contributed by atoms with E-state index < -0.39 is 0 Å². The maximum Gasteiger partial charge on any atom is 0.258 e. The fourth-order valence-electron chi connectivity index (χ4n) is 1.32. The molecule has 0 saturated carbocycles. The summed E-state index contributed by atoms with van der Waals surface area (Å²) in [5.74, 6) is 1.98. The summed E-state index contributed by atoms with van der Waals surface area (Å²) >= 11 is 0. The SMILES string of the molecule is COc1cc(C)n2c(C)nnc2n1. The molecule has 0 atom stereocenters. The van der Waals surface area contributed by atoms with Crippen LogP contribution in [0.5, 0.6) is 5.88 Å². The van der Waals surface area contributed by atoms with Crippen LogP contribution in [0, 0.1) is 13.8 Å². The quantitative estimate of drug-likeness (QED) is 0.646. The zero-order valence-electron chi connectivity index (χ0n) is 7.77. The molecule has 68 valence electrons. The number of hydrogen-bond acceptors (Lipinski definition) is 4. The van der Waals surface area contributed by atoms with Gasteiger partial charge in [-0.05, 0) is 13.8 Å². The van der Waals surface area contributed by atoms with Gasteiger partial charge in [-0.15, -0.1) is 10.2 Å². The highest BCUT2D eigenvalue weighted by molar-refractivity contribution is 5.34. The van der Waals surface area contributed by atoms with Crippen molar-refractivity contribution in [3.63, 3.8) is 0 Å². The van der Waals surface area contributed by atoms with Crippen molar-refractivity contribution in [3.05, 3.63) is 17.6 Å². The van der Waals surface area contributed by atoms with Crippen molar-refractivity contribution >= 4 is 5.78 Å². The number of hydrogen-bond donors (Lipinski definition) is 0. The molecule has 5 nitrogen and oxygen atoms in total. The van der Waals surface area contributed by atoms with Gasteiger partial charge in [-0.1, -0.05) is 0 Å². The predicted octanol–water partition coefficient (Wildman–Crippen LogP) is 0.750. The van der Waals surface area contributed by atoms with Crippen LogP contribution >= 0.6 is 0 Å². The number of fused-ring (bicyclic) bond motifs is 1. The highest BCUT2D eigenvalue weighted by Crippen LogP contribution is 2.12. The molecule has 0 bridgehead atoms. The molecule has 13 heavy (non-hydrogen) atoms. The first-order valence-electron chi connectivity index (χ1n) is 3.95. The van der Waals surface area contributed by atoms with Gasteiger partial charge in [-0.3, -0.25) is 4.40 Å². The molecule has 0 unspecified atom stereocenters. The van der Waals surface area contributed by atoms with Crippen molar-refractivity contribution in [2.24, 2.45) is 0 Å². The molecule has 2 aromatic heterocycles. The van der Waals surface area contributed by atoms with Crippen molar-refractivity contribution in [2.45, 2.75) is 13.8 Å². The maximum absolute atomic E-state index is 5.02. The van der Waals surface area contributed by atoms with Crippen LogP contribution in [0.1, 0.15) is 11.5 Å². The Morgan fingerprint density at radius 2 is 2.08 bits per heavy atom. The lowest BCUT2D eigenvalue weighted by molar-refractivity contribution is 0.397. The maximum atomic E-state index is 5.02. The van der Waals surface area contributed by atoms with Crippen molar-refractivity contribution in [1.82, 2.24) is 19.6 Å². The van der Waals surface area contributed by atoms with E-state index in [2.05, 4.69) is 15.2 Å². The third-order valence-electron chi connectivity index (χ3n) is 1.91. The average Bonchev–Trinajstić information content (AvgIpc) is 2.48. The number of ether oxygens (including phenoxy) is 1. The summed E-state index contributed by atoms with van der Waals surface area (Å²) in [6.45, 7) is 3.86. The lowest BCUT2D eigenvalue weighted by Crippen LogP contribution is -1.98. The zero-order valence-corrected chi connectivity index (χ0v) is 7.77. The molecular weight excluding hydrogens is 168 g/mol. The minimum absolute atomic E-state index is 0.567. The van der Waals surface area contributed by atoms with Crippen LogP contribution < -0.4 is 4.74 Å². The van der Waals surface area contributed by atoms with Crippen LogP contribution in [0.3, 0.4) is 0 Å². The first-order chi connectivity index (χ1) is 6.22. The molecule has 0 fully saturated rings. The summed E-state index contributed by atoms with van der Waals surface area (Å²) < 4.78 is 6.90. The topological polar surface area (TPSA) is 52.3 Å². The second-order valence-corrected chi connectivity index (χ2v) is 2.82. The van der Waals surface area contributed by atoms with Gasteiger partial charge in [0, 0.05) is 11.8 Å². The van der Waals surface area contributed by atoms with Gasteiger partial charge in [0.05, 0.1) is 7.11 Å². The van der Waals surface area contributed by atoms with Gasteiger partial charge in [-0.2, -0.15) is 4.98 Å². The van der Waals surface area contributed by atoms with Crippen LogP contribution in [-0.4, -0.2) is 26.7 Å². The highest BCUT2D eigenvalue weighted by atomic mass is 16.5. The van der Waals surface area contributed by atoms with E-state index in [1.165, 1.54) is 0 Å². The number of aromatic nitrogens is 4. The molecule has 0 aliphatic rings. The van der Waals surface area contributed by atoms with E-state index in [1.807, 2.05) is 24.3 Å². The third-order valence-corrected chi connectivity index (χ3v) is 1.91. The van der Waals surface area contributed by atoms with Gasteiger partial charge >= 0.3 is 0 Å². The van der Waals surface area contributed by atoms with E-state index >= 15 is 0 Å². The zero-order chi connectivity index (χ0) is 9.42. The van der Waals surface area contributed by atoms with E-state index in [1.54, 1.807) is 7.11 Å². The van der Waals surface area contributed by atoms with Gasteiger partial charge in [0.15, 0.2) is 0 Å². The monoisotopic (exact) mass is 178 g/mol. The van der Waals surface area contributed by atoms with Crippen LogP contribution in [0.15, 0.2) is 6.07 Å². The van der Waals surface area contributed by atoms with Gasteiger partial charge in [-0.25, -0.2) is 0 Å². The minimum atomic E-state index is 0.567. The van der Waals surface area contributed by atoms with Crippen molar-refractivity contribution < 1.29 is 4.74 Å². The molecule has 0 aliphatic heterocycles. The number of nitrogens with zero attached hydrogens (tertiary/aromatic N) is 4. The lowest BCUT2D eigenvalue weighted by Gasteiger charge is -2.02. The first kappa shape index (κ1) is 7.97. The van der Waals surface area contributed by atoms with Crippen molar-refractivity contribution in [3.8, 4) is 5.88 Å². The highest BCUT2D eigenvalue weighted by Gasteiger charge is 2.06. The van der Waals surface area contributed by atoms with E-state index in [9.17, 15) is 0 Å². The Balaban J connectivity index is 2.79. The summed E-state index contributed by atoms with van der Waals surface area (Å²) in [5, 5.41) is 7.84. The van der Waals surface area contributed by atoms with Gasteiger partial charge in [0.2, 0.25) is 5.88 Å². The molecule has 0 amide bonds. The van der Waals surface area contributed by atoms with Crippen molar-refractivity contribution in [2.75, 3.05) is 7.11 Å². The largest absolute Gasteiger partial charge is 0.481 e. The summed E-state index contributed by atoms with van der Waals surface area (Å²) in [6.07, 6.45) is 0. The van der Waals surface area contributed by atoms with Crippen molar-refractivity contribution in [1.29, 1.82) is 0 Å². The van der Waals surface area contributed by atoms with Gasteiger partial charge in [0.25, 0.3) is 5.78 Å². The summed E-state index contributed by atoms with van der Waals surface area (Å²) in [4.78, 5) is 4.14. The molecule has 0 saturated heterocycles. The van der Waals surface area contributed by atoms with E-state index in [4.69, 9.17) is 4.74 Å². The normalized spacial score (nSPS) is 10.7. The molecule has 2 heterocycles. The van der Waals surface area contributed by atoms with E-state index in [-0.39, 0.29) is 0 Å². The van der Waals surface area contributed by atoms with Crippen LogP contribution in [0.2, 0.25) is 0 Å². The molecule has 0 N–H and O–H groups in total. The Morgan fingerprint density at radius 1 is 1.31 bits per heavy atom. The molecule has 0 aromatic carbocycles. The van der Waals surface area contributed by atoms with Crippen LogP contribution in [0.25, 0.3) is 5.78 Å². The second-order valence-electron chi connectivity index (χ2n) is 2.82. The predicted molar refractivity (Wildman–Crippen MR) is 46.8 cm³/mol. The number of rotatable bonds is 1. The fraction of sp³-hybridized carbons (Fsp3) is 0.375. The smallest absolute Gasteiger partial charge is 0.258 e. The Bertz CT molecular complexity index is 449. The molecule has 0 aliphatic carbocycles. The standard InChI is InChI=1S/C8H10N4O/c1-5-4-7(13-3)9-8-11-10-6(2)12(5)8/h4H,1-3H3. The van der Waals surface area contributed by atoms with E-state index in [0.717, 1.165) is 11.5 Å². The third kappa shape index (κ3) is 1.12. The van der Waals surface area contributed by atoms with Crippen LogP contribution in [-0.2, 0) is 0 Å².